The molecule has 134 valence electrons. The Morgan fingerprint density at radius 3 is 2.12 bits per heavy atom. The first-order valence-corrected chi connectivity index (χ1v) is 8.36. The van der Waals surface area contributed by atoms with Gasteiger partial charge in [0.1, 0.15) is 11.5 Å². The SMILES string of the molecule is COc1cc(OC)cc(C(=O)NCC(Nc2ccccc2)C(C)C)c1. The minimum atomic E-state index is -0.155. The lowest BCUT2D eigenvalue weighted by Gasteiger charge is -2.24. The van der Waals surface area contributed by atoms with Crippen molar-refractivity contribution >= 4 is 11.6 Å². The molecule has 25 heavy (non-hydrogen) atoms. The minimum Gasteiger partial charge on any atom is -0.497 e. The number of benzene rings is 2. The maximum atomic E-state index is 12.5. The molecule has 0 saturated heterocycles. The van der Waals surface area contributed by atoms with Gasteiger partial charge in [-0.3, -0.25) is 4.79 Å². The van der Waals surface area contributed by atoms with Crippen LogP contribution in [0.4, 0.5) is 5.69 Å². The number of ether oxygens (including phenoxy) is 2. The summed E-state index contributed by atoms with van der Waals surface area (Å²) in [6.45, 7) is 4.77. The number of rotatable bonds is 8. The van der Waals surface area contributed by atoms with Crippen molar-refractivity contribution in [1.82, 2.24) is 5.32 Å². The highest BCUT2D eigenvalue weighted by Crippen LogP contribution is 2.22. The van der Waals surface area contributed by atoms with E-state index in [2.05, 4.69) is 24.5 Å². The van der Waals surface area contributed by atoms with Gasteiger partial charge in [0.2, 0.25) is 0 Å². The molecule has 0 aliphatic rings. The third kappa shape index (κ3) is 5.41. The predicted octanol–water partition coefficient (Wildman–Crippen LogP) is 3.57. The van der Waals surface area contributed by atoms with Gasteiger partial charge in [-0.25, -0.2) is 0 Å². The molecular formula is C20H26N2O3. The number of hydrogen-bond donors (Lipinski definition) is 2. The first kappa shape index (κ1) is 18.6. The molecule has 2 N–H and O–H groups in total. The topological polar surface area (TPSA) is 59.6 Å². The van der Waals surface area contributed by atoms with E-state index in [1.54, 1.807) is 32.4 Å². The Bertz CT molecular complexity index is 664. The van der Waals surface area contributed by atoms with Crippen molar-refractivity contribution in [3.8, 4) is 11.5 Å². The third-order valence-corrected chi connectivity index (χ3v) is 4.03. The summed E-state index contributed by atoms with van der Waals surface area (Å²) in [6.07, 6.45) is 0. The summed E-state index contributed by atoms with van der Waals surface area (Å²) in [6, 6.07) is 15.3. The number of hydrogen-bond acceptors (Lipinski definition) is 4. The molecule has 0 aromatic heterocycles. The Labute approximate surface area is 149 Å². The lowest BCUT2D eigenvalue weighted by atomic mass is 10.0. The Kier molecular flexibility index (Phi) is 6.69. The van der Waals surface area contributed by atoms with E-state index < -0.39 is 0 Å². The lowest BCUT2D eigenvalue weighted by molar-refractivity contribution is 0.0949. The average Bonchev–Trinajstić information content (AvgIpc) is 2.64. The van der Waals surface area contributed by atoms with E-state index in [9.17, 15) is 4.79 Å². The Hall–Kier alpha value is -2.69. The van der Waals surface area contributed by atoms with E-state index >= 15 is 0 Å². The Balaban J connectivity index is 2.03. The Morgan fingerprint density at radius 2 is 1.60 bits per heavy atom. The van der Waals surface area contributed by atoms with E-state index in [1.807, 2.05) is 30.3 Å². The molecule has 0 fully saturated rings. The quantitative estimate of drug-likeness (QED) is 0.770. The normalized spacial score (nSPS) is 11.7. The number of carbonyl (C=O) groups is 1. The molecule has 1 unspecified atom stereocenters. The second kappa shape index (κ2) is 8.97. The van der Waals surface area contributed by atoms with Crippen LogP contribution in [0, 0.1) is 5.92 Å². The molecule has 0 saturated carbocycles. The maximum absolute atomic E-state index is 12.5. The summed E-state index contributed by atoms with van der Waals surface area (Å²) in [4.78, 5) is 12.5. The molecule has 0 aliphatic carbocycles. The summed E-state index contributed by atoms with van der Waals surface area (Å²) in [5.74, 6) is 1.39. The van der Waals surface area contributed by atoms with Crippen LogP contribution in [-0.2, 0) is 0 Å². The van der Waals surface area contributed by atoms with Crippen LogP contribution in [0.3, 0.4) is 0 Å². The van der Waals surface area contributed by atoms with Gasteiger partial charge in [0, 0.05) is 29.9 Å². The van der Waals surface area contributed by atoms with Gasteiger partial charge in [-0.15, -0.1) is 0 Å². The number of para-hydroxylation sites is 1. The number of nitrogens with one attached hydrogen (secondary N) is 2. The van der Waals surface area contributed by atoms with Gasteiger partial charge in [-0.2, -0.15) is 0 Å². The molecule has 5 heteroatoms. The van der Waals surface area contributed by atoms with Crippen LogP contribution in [0.25, 0.3) is 0 Å². The van der Waals surface area contributed by atoms with Gasteiger partial charge < -0.3 is 20.1 Å². The van der Waals surface area contributed by atoms with Crippen molar-refractivity contribution in [2.24, 2.45) is 5.92 Å². The number of amides is 1. The fraction of sp³-hybridized carbons (Fsp3) is 0.350. The number of carbonyl (C=O) groups excluding carboxylic acids is 1. The van der Waals surface area contributed by atoms with E-state index in [0.717, 1.165) is 5.69 Å². The average molecular weight is 342 g/mol. The van der Waals surface area contributed by atoms with E-state index in [0.29, 0.717) is 29.5 Å². The fourth-order valence-electron chi connectivity index (χ4n) is 2.45. The molecule has 0 aliphatic heterocycles. The molecule has 1 amide bonds. The second-order valence-corrected chi connectivity index (χ2v) is 6.17. The van der Waals surface area contributed by atoms with Gasteiger partial charge in [-0.1, -0.05) is 32.0 Å². The van der Waals surface area contributed by atoms with Gasteiger partial charge in [0.05, 0.1) is 14.2 Å². The van der Waals surface area contributed by atoms with Crippen LogP contribution in [0.15, 0.2) is 48.5 Å². The van der Waals surface area contributed by atoms with E-state index in [4.69, 9.17) is 9.47 Å². The number of methoxy groups -OCH3 is 2. The zero-order valence-corrected chi connectivity index (χ0v) is 15.2. The van der Waals surface area contributed by atoms with Gasteiger partial charge in [0.15, 0.2) is 0 Å². The Morgan fingerprint density at radius 1 is 1.00 bits per heavy atom. The zero-order valence-electron chi connectivity index (χ0n) is 15.2. The molecule has 5 nitrogen and oxygen atoms in total. The van der Waals surface area contributed by atoms with Crippen LogP contribution >= 0.6 is 0 Å². The molecule has 0 bridgehead atoms. The molecule has 0 radical (unpaired) electrons. The predicted molar refractivity (Wildman–Crippen MR) is 101 cm³/mol. The third-order valence-electron chi connectivity index (χ3n) is 4.03. The lowest BCUT2D eigenvalue weighted by Crippen LogP contribution is -2.39. The van der Waals surface area contributed by atoms with Crippen LogP contribution in [0.1, 0.15) is 24.2 Å². The van der Waals surface area contributed by atoms with Crippen molar-refractivity contribution in [3.63, 3.8) is 0 Å². The van der Waals surface area contributed by atoms with Crippen LogP contribution in [0.2, 0.25) is 0 Å². The van der Waals surface area contributed by atoms with Gasteiger partial charge >= 0.3 is 0 Å². The molecule has 2 aromatic carbocycles. The first-order chi connectivity index (χ1) is 12.0. The van der Waals surface area contributed by atoms with Crippen molar-refractivity contribution in [1.29, 1.82) is 0 Å². The minimum absolute atomic E-state index is 0.124. The number of anilines is 1. The van der Waals surface area contributed by atoms with Crippen LogP contribution < -0.4 is 20.1 Å². The smallest absolute Gasteiger partial charge is 0.251 e. The fourth-order valence-corrected chi connectivity index (χ4v) is 2.45. The molecule has 1 atom stereocenters. The summed E-state index contributed by atoms with van der Waals surface area (Å²) < 4.78 is 10.4. The highest BCUT2D eigenvalue weighted by Gasteiger charge is 2.16. The van der Waals surface area contributed by atoms with Crippen LogP contribution in [0.5, 0.6) is 11.5 Å². The molecular weight excluding hydrogens is 316 g/mol. The molecule has 2 aromatic rings. The maximum Gasteiger partial charge on any atom is 0.251 e. The largest absolute Gasteiger partial charge is 0.497 e. The monoisotopic (exact) mass is 342 g/mol. The summed E-state index contributed by atoms with van der Waals surface area (Å²) in [7, 11) is 3.13. The van der Waals surface area contributed by atoms with E-state index in [1.165, 1.54) is 0 Å². The summed E-state index contributed by atoms with van der Waals surface area (Å²) in [5.41, 5.74) is 1.55. The molecule has 2 rings (SSSR count). The summed E-state index contributed by atoms with van der Waals surface area (Å²) >= 11 is 0. The van der Waals surface area contributed by atoms with Crippen molar-refractivity contribution < 1.29 is 14.3 Å². The van der Waals surface area contributed by atoms with E-state index in [-0.39, 0.29) is 11.9 Å². The highest BCUT2D eigenvalue weighted by atomic mass is 16.5. The zero-order chi connectivity index (χ0) is 18.2. The standard InChI is InChI=1S/C20H26N2O3/c1-14(2)19(22-16-8-6-5-7-9-16)13-21-20(23)15-10-17(24-3)12-18(11-15)25-4/h5-12,14,19,22H,13H2,1-4H3,(H,21,23). The molecule has 0 spiro atoms. The van der Waals surface area contributed by atoms with Crippen molar-refractivity contribution in [2.75, 3.05) is 26.1 Å². The van der Waals surface area contributed by atoms with Crippen molar-refractivity contribution in [3.05, 3.63) is 54.1 Å². The van der Waals surface area contributed by atoms with Crippen molar-refractivity contribution in [2.45, 2.75) is 19.9 Å². The van der Waals surface area contributed by atoms with Gasteiger partial charge in [-0.05, 0) is 30.2 Å². The summed E-state index contributed by atoms with van der Waals surface area (Å²) in [5, 5.41) is 6.46. The first-order valence-electron chi connectivity index (χ1n) is 8.36. The van der Waals surface area contributed by atoms with Gasteiger partial charge in [0.25, 0.3) is 5.91 Å². The molecule has 0 heterocycles. The van der Waals surface area contributed by atoms with Crippen LogP contribution in [-0.4, -0.2) is 32.7 Å². The second-order valence-electron chi connectivity index (χ2n) is 6.17. The highest BCUT2D eigenvalue weighted by molar-refractivity contribution is 5.95.